The molecule has 0 radical (unpaired) electrons. The van der Waals surface area contributed by atoms with E-state index in [1.807, 2.05) is 13.0 Å². The van der Waals surface area contributed by atoms with Crippen molar-refractivity contribution < 1.29 is 9.59 Å². The Morgan fingerprint density at radius 3 is 2.43 bits per heavy atom. The molecule has 1 heterocycles. The third-order valence-corrected chi connectivity index (χ3v) is 4.36. The number of fused-ring (bicyclic) bond motifs is 1. The Hall–Kier alpha value is -3.43. The van der Waals surface area contributed by atoms with E-state index in [1.165, 1.54) is 0 Å². The number of carbonyl (C=O) groups is 2. The number of amidine groups is 1. The largest absolute Gasteiger partial charge is 0.351 e. The number of benzene rings is 2. The fraction of sp³-hybridized carbons (Fsp3) is 0.143. The Labute approximate surface area is 167 Å². The zero-order valence-electron chi connectivity index (χ0n) is 15.1. The first-order chi connectivity index (χ1) is 13.5. The van der Waals surface area contributed by atoms with E-state index in [-0.39, 0.29) is 17.2 Å². The van der Waals surface area contributed by atoms with Gasteiger partial charge in [0.25, 0.3) is 11.8 Å². The highest BCUT2D eigenvalue weighted by molar-refractivity contribution is 6.30. The molecule has 0 unspecified atom stereocenters. The second kappa shape index (κ2) is 8.51. The molecular formula is C21H17ClN4O2. The molecule has 2 aromatic carbocycles. The van der Waals surface area contributed by atoms with Gasteiger partial charge in [0.2, 0.25) is 0 Å². The fourth-order valence-corrected chi connectivity index (χ4v) is 2.86. The summed E-state index contributed by atoms with van der Waals surface area (Å²) in [5.74, 6) is -0.551. The topological polar surface area (TPSA) is 94.3 Å². The van der Waals surface area contributed by atoms with E-state index in [0.717, 1.165) is 6.42 Å². The molecule has 0 atom stereocenters. The van der Waals surface area contributed by atoms with Gasteiger partial charge in [-0.05, 0) is 30.7 Å². The number of aliphatic imine (C=N–C) groups is 1. The summed E-state index contributed by atoms with van der Waals surface area (Å²) in [6.45, 7) is 2.38. The number of nitrogens with zero attached hydrogens (tertiary/aromatic N) is 2. The molecule has 0 fully saturated rings. The summed E-state index contributed by atoms with van der Waals surface area (Å²) in [5, 5.41) is 15.5. The van der Waals surface area contributed by atoms with Gasteiger partial charge < -0.3 is 10.6 Å². The van der Waals surface area contributed by atoms with Crippen LogP contribution in [-0.4, -0.2) is 24.2 Å². The maximum Gasteiger partial charge on any atom is 0.264 e. The molecule has 7 heteroatoms. The molecule has 0 aromatic heterocycles. The summed E-state index contributed by atoms with van der Waals surface area (Å²) < 4.78 is 0. The van der Waals surface area contributed by atoms with Crippen LogP contribution in [0.1, 0.15) is 34.8 Å². The van der Waals surface area contributed by atoms with Gasteiger partial charge in [-0.15, -0.1) is 0 Å². The van der Waals surface area contributed by atoms with Crippen LogP contribution in [0.2, 0.25) is 5.02 Å². The maximum absolute atomic E-state index is 12.5. The van der Waals surface area contributed by atoms with Crippen molar-refractivity contribution in [2.24, 2.45) is 4.99 Å². The maximum atomic E-state index is 12.5. The first-order valence-corrected chi connectivity index (χ1v) is 9.11. The molecule has 1 aliphatic rings. The van der Waals surface area contributed by atoms with Crippen molar-refractivity contribution >= 4 is 34.9 Å². The van der Waals surface area contributed by atoms with Gasteiger partial charge in [0.1, 0.15) is 17.5 Å². The molecule has 6 nitrogen and oxygen atoms in total. The highest BCUT2D eigenvalue weighted by atomic mass is 35.5. The smallest absolute Gasteiger partial charge is 0.264 e. The fourth-order valence-electron chi connectivity index (χ4n) is 2.73. The van der Waals surface area contributed by atoms with Crippen LogP contribution >= 0.6 is 11.6 Å². The van der Waals surface area contributed by atoms with E-state index in [1.54, 1.807) is 48.5 Å². The van der Waals surface area contributed by atoms with Crippen molar-refractivity contribution in [3.8, 4) is 6.07 Å². The van der Waals surface area contributed by atoms with Crippen LogP contribution in [0.25, 0.3) is 5.70 Å². The highest BCUT2D eigenvalue weighted by Crippen LogP contribution is 2.30. The Morgan fingerprint density at radius 2 is 1.79 bits per heavy atom. The molecule has 0 saturated heterocycles. The molecule has 3 rings (SSSR count). The van der Waals surface area contributed by atoms with Crippen molar-refractivity contribution in [2.45, 2.75) is 13.3 Å². The van der Waals surface area contributed by atoms with Gasteiger partial charge >= 0.3 is 0 Å². The first kappa shape index (κ1) is 19.3. The zero-order valence-corrected chi connectivity index (χ0v) is 15.9. The molecule has 2 N–H and O–H groups in total. The van der Waals surface area contributed by atoms with Crippen LogP contribution in [-0.2, 0) is 4.79 Å². The number of nitriles is 1. The summed E-state index contributed by atoms with van der Waals surface area (Å²) >= 11 is 5.86. The number of hydrogen-bond acceptors (Lipinski definition) is 4. The minimum atomic E-state index is -0.483. The Bertz CT molecular complexity index is 1030. The lowest BCUT2D eigenvalue weighted by molar-refractivity contribution is -0.117. The van der Waals surface area contributed by atoms with Crippen molar-refractivity contribution in [1.82, 2.24) is 10.6 Å². The number of nitrogens with one attached hydrogen (secondary N) is 2. The zero-order chi connectivity index (χ0) is 20.1. The van der Waals surface area contributed by atoms with E-state index in [0.29, 0.717) is 34.1 Å². The van der Waals surface area contributed by atoms with Crippen molar-refractivity contribution in [3.05, 3.63) is 75.8 Å². The number of amides is 2. The van der Waals surface area contributed by atoms with Gasteiger partial charge in [-0.3, -0.25) is 9.59 Å². The quantitative estimate of drug-likeness (QED) is 0.617. The normalized spacial score (nSPS) is 13.8. The van der Waals surface area contributed by atoms with Gasteiger partial charge in [-0.25, -0.2) is 4.99 Å². The van der Waals surface area contributed by atoms with Gasteiger partial charge in [0.05, 0.1) is 5.70 Å². The Kier molecular flexibility index (Phi) is 5.87. The lowest BCUT2D eigenvalue weighted by Crippen LogP contribution is -2.30. The molecule has 0 bridgehead atoms. The van der Waals surface area contributed by atoms with Crippen LogP contribution < -0.4 is 10.6 Å². The molecule has 140 valence electrons. The van der Waals surface area contributed by atoms with Crippen LogP contribution in [0.15, 0.2) is 59.1 Å². The molecule has 0 saturated carbocycles. The van der Waals surface area contributed by atoms with Gasteiger partial charge in [-0.2, -0.15) is 5.26 Å². The molecule has 2 amide bonds. The first-order valence-electron chi connectivity index (χ1n) is 8.73. The molecule has 0 aliphatic carbocycles. The van der Waals surface area contributed by atoms with E-state index < -0.39 is 5.91 Å². The minimum absolute atomic E-state index is 0.0864. The molecular weight excluding hydrogens is 376 g/mol. The standard InChI is InChI=1S/C21H17ClN4O2/c1-2-11-24-21(28)17(12-23)18-15-5-3-4-6-16(15)19(25-18)26-20(27)13-7-9-14(22)10-8-13/h3-10H,2,11H2,1H3,(H,24,28)(H,25,26,27)/b18-17-. The molecule has 28 heavy (non-hydrogen) atoms. The molecule has 1 aliphatic heterocycles. The second-order valence-corrected chi connectivity index (χ2v) is 6.49. The predicted molar refractivity (Wildman–Crippen MR) is 108 cm³/mol. The van der Waals surface area contributed by atoms with Gasteiger partial charge in [0.15, 0.2) is 0 Å². The van der Waals surface area contributed by atoms with Crippen LogP contribution in [0, 0.1) is 11.3 Å². The number of rotatable bonds is 4. The van der Waals surface area contributed by atoms with E-state index in [4.69, 9.17) is 11.6 Å². The Morgan fingerprint density at radius 1 is 1.11 bits per heavy atom. The van der Waals surface area contributed by atoms with Crippen molar-refractivity contribution in [3.63, 3.8) is 0 Å². The average molecular weight is 393 g/mol. The Balaban J connectivity index is 1.97. The van der Waals surface area contributed by atoms with Crippen LogP contribution in [0.4, 0.5) is 0 Å². The third-order valence-electron chi connectivity index (χ3n) is 4.11. The highest BCUT2D eigenvalue weighted by Gasteiger charge is 2.27. The summed E-state index contributed by atoms with van der Waals surface area (Å²) in [6.07, 6.45) is 0.752. The molecule has 0 spiro atoms. The van der Waals surface area contributed by atoms with E-state index in [2.05, 4.69) is 15.6 Å². The van der Waals surface area contributed by atoms with E-state index >= 15 is 0 Å². The van der Waals surface area contributed by atoms with Gasteiger partial charge in [-0.1, -0.05) is 42.8 Å². The summed E-state index contributed by atoms with van der Waals surface area (Å²) in [7, 11) is 0. The summed E-state index contributed by atoms with van der Waals surface area (Å²) in [6, 6.07) is 15.5. The lowest BCUT2D eigenvalue weighted by Gasteiger charge is -2.06. The SMILES string of the molecule is CCCNC(=O)/C(C#N)=C1\N=C(NC(=O)c2ccc(Cl)cc2)c2ccccc21. The van der Waals surface area contributed by atoms with Crippen molar-refractivity contribution in [2.75, 3.05) is 6.54 Å². The average Bonchev–Trinajstić information content (AvgIpc) is 3.06. The monoisotopic (exact) mass is 392 g/mol. The van der Waals surface area contributed by atoms with Crippen molar-refractivity contribution in [1.29, 1.82) is 5.26 Å². The molecule has 2 aromatic rings. The summed E-state index contributed by atoms with van der Waals surface area (Å²) in [5.41, 5.74) is 1.85. The predicted octanol–water partition coefficient (Wildman–Crippen LogP) is 3.29. The third kappa shape index (κ3) is 3.95. The van der Waals surface area contributed by atoms with E-state index in [9.17, 15) is 14.9 Å². The van der Waals surface area contributed by atoms with Gasteiger partial charge in [0, 0.05) is 28.3 Å². The number of carbonyl (C=O) groups excluding carboxylic acids is 2. The lowest BCUT2D eigenvalue weighted by atomic mass is 10.0. The number of hydrogen-bond donors (Lipinski definition) is 2. The second-order valence-electron chi connectivity index (χ2n) is 6.06. The van der Waals surface area contributed by atoms with Crippen LogP contribution in [0.3, 0.4) is 0 Å². The summed E-state index contributed by atoms with van der Waals surface area (Å²) in [4.78, 5) is 29.3. The number of halogens is 1. The minimum Gasteiger partial charge on any atom is -0.351 e. The van der Waals surface area contributed by atoms with Crippen LogP contribution in [0.5, 0.6) is 0 Å².